The van der Waals surface area contributed by atoms with Gasteiger partial charge in [-0.25, -0.2) is 9.13 Å². The summed E-state index contributed by atoms with van der Waals surface area (Å²) in [5.41, 5.74) is 0. The number of unbranched alkanes of at least 4 members (excludes halogenated alkanes) is 53. The summed E-state index contributed by atoms with van der Waals surface area (Å²) in [6.07, 6.45) is 68.1. The van der Waals surface area contributed by atoms with Crippen molar-refractivity contribution in [1.29, 1.82) is 0 Å². The Morgan fingerprint density at radius 2 is 0.434 bits per heavy atom. The van der Waals surface area contributed by atoms with E-state index in [1.165, 1.54) is 270 Å². The van der Waals surface area contributed by atoms with E-state index in [0.717, 1.165) is 108 Å². The Balaban J connectivity index is 5.22. The molecule has 0 aliphatic rings. The van der Waals surface area contributed by atoms with Crippen LogP contribution < -0.4 is 0 Å². The van der Waals surface area contributed by atoms with Crippen LogP contribution in [0.4, 0.5) is 0 Å². The number of ether oxygens (including phenoxy) is 4. The molecule has 0 fully saturated rings. The van der Waals surface area contributed by atoms with Crippen molar-refractivity contribution in [3.8, 4) is 0 Å². The van der Waals surface area contributed by atoms with Gasteiger partial charge in [0.05, 0.1) is 26.4 Å². The SMILES string of the molecule is CCCCCCCCCCCCCCCC(=O)O[C@H](COC(=O)CCCCCCCCCCC(C)C)COP(=O)(O)OC[C@H](O)COP(=O)(O)OC[C@@H](COC(=O)CCCCCCCCCCCCCCCCCCCCC(C)C)OC(=O)CCCCCCCCCCCCCCCCCCCCC(C)C. The molecule has 17 nitrogen and oxygen atoms in total. The van der Waals surface area contributed by atoms with Crippen molar-refractivity contribution in [2.75, 3.05) is 39.6 Å². The number of aliphatic hydroxyl groups is 1. The fourth-order valence-corrected chi connectivity index (χ4v) is 15.1. The van der Waals surface area contributed by atoms with E-state index < -0.39 is 97.5 Å². The molecule has 0 aliphatic heterocycles. The molecule has 0 radical (unpaired) electrons. The van der Waals surface area contributed by atoms with Crippen molar-refractivity contribution in [2.24, 2.45) is 17.8 Å². The van der Waals surface area contributed by atoms with Crippen LogP contribution in [0.15, 0.2) is 0 Å². The number of hydrogen-bond acceptors (Lipinski definition) is 15. The van der Waals surface area contributed by atoms with Gasteiger partial charge in [0.2, 0.25) is 0 Å². The minimum Gasteiger partial charge on any atom is -0.462 e. The summed E-state index contributed by atoms with van der Waals surface area (Å²) in [4.78, 5) is 73.2. The molecule has 0 aromatic rings. The molecule has 5 atom stereocenters. The third-order valence-electron chi connectivity index (χ3n) is 20.4. The molecule has 3 N–H and O–H groups in total. The number of phosphoric ester groups is 2. The highest BCUT2D eigenvalue weighted by molar-refractivity contribution is 7.47. The van der Waals surface area contributed by atoms with Crippen molar-refractivity contribution in [1.82, 2.24) is 0 Å². The van der Waals surface area contributed by atoms with Gasteiger partial charge < -0.3 is 33.8 Å². The van der Waals surface area contributed by atoms with E-state index in [0.29, 0.717) is 25.7 Å². The predicted molar refractivity (Wildman–Crippen MR) is 437 cm³/mol. The van der Waals surface area contributed by atoms with E-state index in [-0.39, 0.29) is 25.7 Å². The highest BCUT2D eigenvalue weighted by Gasteiger charge is 2.30. The summed E-state index contributed by atoms with van der Waals surface area (Å²) >= 11 is 0. The molecule has 0 saturated carbocycles. The molecule has 19 heteroatoms. The third kappa shape index (κ3) is 80.1. The average Bonchev–Trinajstić information content (AvgIpc) is 0.900. The Morgan fingerprint density at radius 3 is 0.642 bits per heavy atom. The number of phosphoric acid groups is 2. The molecule has 0 rings (SSSR count). The van der Waals surface area contributed by atoms with Crippen LogP contribution in [-0.2, 0) is 65.4 Å². The Bertz CT molecular complexity index is 2040. The van der Waals surface area contributed by atoms with Crippen LogP contribution in [0.25, 0.3) is 0 Å². The lowest BCUT2D eigenvalue weighted by Gasteiger charge is -2.21. The molecule has 0 spiro atoms. The summed E-state index contributed by atoms with van der Waals surface area (Å²) in [7, 11) is -9.93. The molecule has 0 aromatic carbocycles. The first-order chi connectivity index (χ1) is 51.2. The van der Waals surface area contributed by atoms with Crippen LogP contribution in [-0.4, -0.2) is 96.7 Å². The Labute approximate surface area is 651 Å². The van der Waals surface area contributed by atoms with Gasteiger partial charge in [-0.2, -0.15) is 0 Å². The van der Waals surface area contributed by atoms with Crippen LogP contribution >= 0.6 is 15.6 Å². The van der Waals surface area contributed by atoms with Gasteiger partial charge in [-0.05, 0) is 43.4 Å². The quantitative estimate of drug-likeness (QED) is 0.0222. The second-order valence-electron chi connectivity index (χ2n) is 32.7. The smallest absolute Gasteiger partial charge is 0.462 e. The minimum atomic E-state index is -4.97. The number of carbonyl (C=O) groups is 4. The van der Waals surface area contributed by atoms with E-state index in [1.807, 2.05) is 0 Å². The number of carbonyl (C=O) groups excluding carboxylic acids is 4. The molecule has 0 bridgehead atoms. The summed E-state index contributed by atoms with van der Waals surface area (Å²) in [5.74, 6) is 0.266. The fraction of sp³-hybridized carbons (Fsp3) is 0.954. The summed E-state index contributed by atoms with van der Waals surface area (Å²) < 4.78 is 68.9. The van der Waals surface area contributed by atoms with E-state index in [4.69, 9.17) is 37.0 Å². The van der Waals surface area contributed by atoms with Crippen LogP contribution in [0.5, 0.6) is 0 Å². The maximum atomic E-state index is 13.2. The molecule has 0 aliphatic carbocycles. The third-order valence-corrected chi connectivity index (χ3v) is 22.3. The second-order valence-corrected chi connectivity index (χ2v) is 35.6. The fourth-order valence-electron chi connectivity index (χ4n) is 13.5. The Kier molecular flexibility index (Phi) is 75.6. The lowest BCUT2D eigenvalue weighted by Crippen LogP contribution is -2.30. The van der Waals surface area contributed by atoms with Gasteiger partial charge >= 0.3 is 39.5 Å². The highest BCUT2D eigenvalue weighted by atomic mass is 31.2. The van der Waals surface area contributed by atoms with Crippen molar-refractivity contribution in [3.63, 3.8) is 0 Å². The van der Waals surface area contributed by atoms with Gasteiger partial charge in [-0.3, -0.25) is 37.3 Å². The van der Waals surface area contributed by atoms with Crippen molar-refractivity contribution in [3.05, 3.63) is 0 Å². The molecule has 0 heterocycles. The van der Waals surface area contributed by atoms with Gasteiger partial charge in [0.15, 0.2) is 12.2 Å². The number of hydrogen-bond donors (Lipinski definition) is 3. The topological polar surface area (TPSA) is 237 Å². The molecule has 106 heavy (non-hydrogen) atoms. The first-order valence-corrected chi connectivity index (χ1v) is 47.8. The largest absolute Gasteiger partial charge is 0.472 e. The molecule has 0 aromatic heterocycles. The zero-order chi connectivity index (χ0) is 77.9. The summed E-state index contributed by atoms with van der Waals surface area (Å²) in [5, 5.41) is 10.7. The van der Waals surface area contributed by atoms with E-state index in [1.54, 1.807) is 0 Å². The normalized spacial score (nSPS) is 13.9. The van der Waals surface area contributed by atoms with Crippen LogP contribution in [0.2, 0.25) is 0 Å². The maximum Gasteiger partial charge on any atom is 0.472 e. The van der Waals surface area contributed by atoms with Gasteiger partial charge in [-0.1, -0.05) is 408 Å². The lowest BCUT2D eigenvalue weighted by atomic mass is 10.0. The standard InChI is InChI=1S/C87H170O17P2/c1-8-9-10-11-12-13-14-27-35-40-49-56-63-70-86(91)104-83(75-98-85(90)69-62-55-48-43-42-46-53-60-67-80(6)7)77-102-106(95,96)100-73-81(88)72-99-105(93,94)101-76-82(103-87(92)71-64-57-50-41-36-31-26-22-18-16-20-24-29-33-38-45-52-59-66-79(4)5)74-97-84(89)68-61-54-47-39-34-30-25-21-17-15-19-23-28-32-37-44-51-58-65-78(2)3/h78-83,88H,8-77H2,1-7H3,(H,93,94)(H,95,96)/t81-,82-,83-/m1/s1. The lowest BCUT2D eigenvalue weighted by molar-refractivity contribution is -0.161. The van der Waals surface area contributed by atoms with Crippen LogP contribution in [0.3, 0.4) is 0 Å². The molecule has 2 unspecified atom stereocenters. The molecule has 630 valence electrons. The molecular weight excluding hydrogens is 1380 g/mol. The maximum absolute atomic E-state index is 13.2. The van der Waals surface area contributed by atoms with Crippen molar-refractivity contribution < 1.29 is 80.2 Å². The first kappa shape index (κ1) is 104. The van der Waals surface area contributed by atoms with Crippen LogP contribution in [0.1, 0.15) is 459 Å². The first-order valence-electron chi connectivity index (χ1n) is 44.8. The zero-order valence-electron chi connectivity index (χ0n) is 69.9. The van der Waals surface area contributed by atoms with Crippen molar-refractivity contribution in [2.45, 2.75) is 478 Å². The van der Waals surface area contributed by atoms with E-state index >= 15 is 0 Å². The summed E-state index contributed by atoms with van der Waals surface area (Å²) in [6, 6.07) is 0. The molecular formula is C87H170O17P2. The number of rotatable bonds is 85. The van der Waals surface area contributed by atoms with Crippen molar-refractivity contribution >= 4 is 39.5 Å². The van der Waals surface area contributed by atoms with E-state index in [2.05, 4.69) is 48.5 Å². The van der Waals surface area contributed by atoms with Gasteiger partial charge in [-0.15, -0.1) is 0 Å². The van der Waals surface area contributed by atoms with Gasteiger partial charge in [0, 0.05) is 25.7 Å². The Morgan fingerprint density at radius 1 is 0.255 bits per heavy atom. The Hall–Kier alpha value is -1.94. The average molecular weight is 1550 g/mol. The summed E-state index contributed by atoms with van der Waals surface area (Å²) in [6.45, 7) is 12.0. The van der Waals surface area contributed by atoms with Gasteiger partial charge in [0.25, 0.3) is 0 Å². The molecule has 0 amide bonds. The molecule has 0 saturated heterocycles. The zero-order valence-corrected chi connectivity index (χ0v) is 71.7. The minimum absolute atomic E-state index is 0.107. The second kappa shape index (κ2) is 77.0. The number of aliphatic hydroxyl groups excluding tert-OH is 1. The number of esters is 4. The van der Waals surface area contributed by atoms with Gasteiger partial charge in [0.1, 0.15) is 19.3 Å². The van der Waals surface area contributed by atoms with E-state index in [9.17, 15) is 43.2 Å². The van der Waals surface area contributed by atoms with Crippen LogP contribution in [0, 0.1) is 17.8 Å². The monoisotopic (exact) mass is 1550 g/mol. The predicted octanol–water partition coefficient (Wildman–Crippen LogP) is 26.5. The highest BCUT2D eigenvalue weighted by Crippen LogP contribution is 2.45.